The van der Waals surface area contributed by atoms with Gasteiger partial charge < -0.3 is 4.74 Å². The van der Waals surface area contributed by atoms with Crippen LogP contribution in [-0.4, -0.2) is 11.6 Å². The summed E-state index contributed by atoms with van der Waals surface area (Å²) >= 11 is 0. The van der Waals surface area contributed by atoms with Crippen molar-refractivity contribution in [3.05, 3.63) is 23.9 Å². The molecule has 15 heavy (non-hydrogen) atoms. The third-order valence-corrected chi connectivity index (χ3v) is 1.63. The number of pyridine rings is 1. The molecule has 0 spiro atoms. The van der Waals surface area contributed by atoms with E-state index in [1.54, 1.807) is 0 Å². The smallest absolute Gasteiger partial charge is 0.417 e. The number of halogens is 3. The summed E-state index contributed by atoms with van der Waals surface area (Å²) in [5, 5.41) is 0. The van der Waals surface area contributed by atoms with E-state index in [2.05, 4.69) is 4.98 Å². The number of rotatable bonds is 3. The topological polar surface area (TPSA) is 22.1 Å². The SMILES string of the molecule is CC(C)COc1ccc(C(F)(F)F)cn1. The van der Waals surface area contributed by atoms with E-state index < -0.39 is 11.7 Å². The first-order valence-corrected chi connectivity index (χ1v) is 4.55. The Balaban J connectivity index is 2.65. The Hall–Kier alpha value is -1.26. The molecule has 0 saturated carbocycles. The number of hydrogen-bond donors (Lipinski definition) is 0. The predicted molar refractivity (Wildman–Crippen MR) is 49.6 cm³/mol. The molecule has 2 nitrogen and oxygen atoms in total. The van der Waals surface area contributed by atoms with Gasteiger partial charge in [0.15, 0.2) is 0 Å². The molecule has 0 unspecified atom stereocenters. The molecule has 0 aliphatic carbocycles. The summed E-state index contributed by atoms with van der Waals surface area (Å²) in [6.45, 7) is 4.34. The summed E-state index contributed by atoms with van der Waals surface area (Å²) in [4.78, 5) is 3.57. The molecular weight excluding hydrogens is 207 g/mol. The fourth-order valence-corrected chi connectivity index (χ4v) is 0.885. The van der Waals surface area contributed by atoms with Crippen molar-refractivity contribution < 1.29 is 17.9 Å². The van der Waals surface area contributed by atoms with Crippen LogP contribution in [0.2, 0.25) is 0 Å². The van der Waals surface area contributed by atoms with Gasteiger partial charge >= 0.3 is 6.18 Å². The third-order valence-electron chi connectivity index (χ3n) is 1.63. The normalized spacial score (nSPS) is 11.9. The zero-order chi connectivity index (χ0) is 11.5. The van der Waals surface area contributed by atoms with Crippen LogP contribution in [0, 0.1) is 5.92 Å². The van der Waals surface area contributed by atoms with Gasteiger partial charge in [-0.15, -0.1) is 0 Å². The zero-order valence-electron chi connectivity index (χ0n) is 8.51. The maximum Gasteiger partial charge on any atom is 0.417 e. The van der Waals surface area contributed by atoms with Crippen molar-refractivity contribution in [2.24, 2.45) is 5.92 Å². The van der Waals surface area contributed by atoms with Gasteiger partial charge in [-0.25, -0.2) is 4.98 Å². The first kappa shape index (κ1) is 11.8. The van der Waals surface area contributed by atoms with E-state index in [1.165, 1.54) is 6.07 Å². The highest BCUT2D eigenvalue weighted by atomic mass is 19.4. The molecule has 0 saturated heterocycles. The minimum atomic E-state index is -4.34. The highest BCUT2D eigenvalue weighted by Crippen LogP contribution is 2.29. The monoisotopic (exact) mass is 219 g/mol. The van der Waals surface area contributed by atoms with Crippen LogP contribution in [0.1, 0.15) is 19.4 Å². The molecule has 0 radical (unpaired) electrons. The summed E-state index contributed by atoms with van der Waals surface area (Å²) in [6.07, 6.45) is -3.57. The molecule has 0 N–H and O–H groups in total. The summed E-state index contributed by atoms with van der Waals surface area (Å²) in [7, 11) is 0. The van der Waals surface area contributed by atoms with Crippen molar-refractivity contribution in [2.45, 2.75) is 20.0 Å². The fourth-order valence-electron chi connectivity index (χ4n) is 0.885. The molecule has 0 aliphatic rings. The van der Waals surface area contributed by atoms with E-state index >= 15 is 0 Å². The van der Waals surface area contributed by atoms with Gasteiger partial charge in [-0.1, -0.05) is 13.8 Å². The van der Waals surface area contributed by atoms with Gasteiger partial charge in [-0.05, 0) is 12.0 Å². The van der Waals surface area contributed by atoms with Crippen LogP contribution in [0.5, 0.6) is 5.88 Å². The van der Waals surface area contributed by atoms with E-state index in [0.717, 1.165) is 12.3 Å². The van der Waals surface area contributed by atoms with E-state index in [4.69, 9.17) is 4.74 Å². The first-order chi connectivity index (χ1) is 6.89. The lowest BCUT2D eigenvalue weighted by Gasteiger charge is -2.09. The van der Waals surface area contributed by atoms with Crippen LogP contribution in [0.25, 0.3) is 0 Å². The van der Waals surface area contributed by atoms with E-state index in [9.17, 15) is 13.2 Å². The highest BCUT2D eigenvalue weighted by molar-refractivity contribution is 5.20. The standard InChI is InChI=1S/C10H12F3NO/c1-7(2)6-15-9-4-3-8(5-14-9)10(11,12)13/h3-5,7H,6H2,1-2H3. The van der Waals surface area contributed by atoms with Crippen LogP contribution in [-0.2, 0) is 6.18 Å². The van der Waals surface area contributed by atoms with E-state index in [0.29, 0.717) is 12.5 Å². The van der Waals surface area contributed by atoms with Crippen molar-refractivity contribution in [1.82, 2.24) is 4.98 Å². The molecule has 1 rings (SSSR count). The summed E-state index contributed by atoms with van der Waals surface area (Å²) in [6, 6.07) is 2.19. The number of nitrogens with zero attached hydrogens (tertiary/aromatic N) is 1. The third kappa shape index (κ3) is 3.77. The van der Waals surface area contributed by atoms with Gasteiger partial charge in [0.2, 0.25) is 5.88 Å². The number of alkyl halides is 3. The molecule has 1 aromatic heterocycles. The van der Waals surface area contributed by atoms with Crippen molar-refractivity contribution in [3.63, 3.8) is 0 Å². The minimum absolute atomic E-state index is 0.219. The maximum atomic E-state index is 12.2. The van der Waals surface area contributed by atoms with Gasteiger partial charge in [0.25, 0.3) is 0 Å². The maximum absolute atomic E-state index is 12.2. The van der Waals surface area contributed by atoms with Crippen LogP contribution >= 0.6 is 0 Å². The summed E-state index contributed by atoms with van der Waals surface area (Å²) in [5.41, 5.74) is -0.764. The molecule has 0 fully saturated rings. The van der Waals surface area contributed by atoms with Gasteiger partial charge in [0, 0.05) is 12.3 Å². The van der Waals surface area contributed by atoms with Crippen LogP contribution in [0.15, 0.2) is 18.3 Å². The van der Waals surface area contributed by atoms with Crippen LogP contribution < -0.4 is 4.74 Å². The fraction of sp³-hybridized carbons (Fsp3) is 0.500. The lowest BCUT2D eigenvalue weighted by molar-refractivity contribution is -0.137. The van der Waals surface area contributed by atoms with E-state index in [-0.39, 0.29) is 5.88 Å². The van der Waals surface area contributed by atoms with Crippen molar-refractivity contribution in [3.8, 4) is 5.88 Å². The summed E-state index contributed by atoms with van der Waals surface area (Å²) < 4.78 is 41.6. The first-order valence-electron chi connectivity index (χ1n) is 4.55. The van der Waals surface area contributed by atoms with Crippen LogP contribution in [0.4, 0.5) is 13.2 Å². The Morgan fingerprint density at radius 2 is 2.00 bits per heavy atom. The molecule has 0 aromatic carbocycles. The van der Waals surface area contributed by atoms with Crippen molar-refractivity contribution >= 4 is 0 Å². The van der Waals surface area contributed by atoms with Gasteiger partial charge in [-0.3, -0.25) is 0 Å². The Morgan fingerprint density at radius 1 is 1.33 bits per heavy atom. The largest absolute Gasteiger partial charge is 0.477 e. The molecule has 0 atom stereocenters. The highest BCUT2D eigenvalue weighted by Gasteiger charge is 2.30. The second-order valence-corrected chi connectivity index (χ2v) is 3.59. The van der Waals surface area contributed by atoms with Gasteiger partial charge in [0.05, 0.1) is 12.2 Å². The number of aromatic nitrogens is 1. The van der Waals surface area contributed by atoms with Gasteiger partial charge in [0.1, 0.15) is 0 Å². The second-order valence-electron chi connectivity index (χ2n) is 3.59. The molecule has 1 heterocycles. The Bertz CT molecular complexity index is 305. The van der Waals surface area contributed by atoms with Crippen molar-refractivity contribution in [2.75, 3.05) is 6.61 Å². The minimum Gasteiger partial charge on any atom is -0.477 e. The Kier molecular flexibility index (Phi) is 3.55. The lowest BCUT2D eigenvalue weighted by atomic mass is 10.2. The molecule has 0 amide bonds. The molecule has 1 aromatic rings. The molecule has 0 bridgehead atoms. The Labute approximate surface area is 86.1 Å². The van der Waals surface area contributed by atoms with Crippen molar-refractivity contribution in [1.29, 1.82) is 0 Å². The number of ether oxygens (including phenoxy) is 1. The molecular formula is C10H12F3NO. The van der Waals surface area contributed by atoms with Gasteiger partial charge in [-0.2, -0.15) is 13.2 Å². The quantitative estimate of drug-likeness (QED) is 0.779. The Morgan fingerprint density at radius 3 is 2.40 bits per heavy atom. The van der Waals surface area contributed by atoms with Crippen LogP contribution in [0.3, 0.4) is 0 Å². The zero-order valence-corrected chi connectivity index (χ0v) is 8.51. The average molecular weight is 219 g/mol. The lowest BCUT2D eigenvalue weighted by Crippen LogP contribution is -2.08. The number of hydrogen-bond acceptors (Lipinski definition) is 2. The molecule has 5 heteroatoms. The molecule has 0 aliphatic heterocycles. The average Bonchev–Trinajstić information content (AvgIpc) is 2.14. The van der Waals surface area contributed by atoms with E-state index in [1.807, 2.05) is 13.8 Å². The predicted octanol–water partition coefficient (Wildman–Crippen LogP) is 3.14. The molecule has 84 valence electrons. The summed E-state index contributed by atoms with van der Waals surface area (Å²) in [5.74, 6) is 0.533. The second kappa shape index (κ2) is 4.51.